The van der Waals surface area contributed by atoms with Gasteiger partial charge in [-0.3, -0.25) is 9.78 Å². The molecule has 27 heavy (non-hydrogen) atoms. The molecule has 0 unspecified atom stereocenters. The Kier molecular flexibility index (Phi) is 4.81. The van der Waals surface area contributed by atoms with Crippen molar-refractivity contribution < 1.29 is 14.4 Å². The third-order valence-corrected chi connectivity index (χ3v) is 4.74. The van der Waals surface area contributed by atoms with E-state index in [1.165, 1.54) is 6.20 Å². The summed E-state index contributed by atoms with van der Waals surface area (Å²) in [6.45, 7) is 4.97. The van der Waals surface area contributed by atoms with Crippen LogP contribution in [0.2, 0.25) is 0 Å². The van der Waals surface area contributed by atoms with E-state index in [1.807, 2.05) is 13.8 Å². The number of nitrogens with one attached hydrogen (secondary N) is 1. The minimum absolute atomic E-state index is 0.0245. The van der Waals surface area contributed by atoms with Crippen molar-refractivity contribution in [3.63, 3.8) is 0 Å². The first kappa shape index (κ1) is 17.5. The summed E-state index contributed by atoms with van der Waals surface area (Å²) in [6.07, 6.45) is 8.62. The van der Waals surface area contributed by atoms with Crippen molar-refractivity contribution in [2.75, 3.05) is 18.5 Å². The molecular formula is C19H21N5O3. The lowest BCUT2D eigenvalue weighted by molar-refractivity contribution is -0.129. The molecule has 2 aliphatic rings. The van der Waals surface area contributed by atoms with Gasteiger partial charge >= 0.3 is 0 Å². The number of anilines is 1. The fourth-order valence-electron chi connectivity index (χ4n) is 2.66. The van der Waals surface area contributed by atoms with Crippen LogP contribution in [0.3, 0.4) is 0 Å². The molecule has 1 aliphatic heterocycles. The molecule has 2 aromatic rings. The highest BCUT2D eigenvalue weighted by Gasteiger charge is 2.31. The van der Waals surface area contributed by atoms with Crippen LogP contribution in [0.5, 0.6) is 0 Å². The smallest absolute Gasteiger partial charge is 0.258 e. The summed E-state index contributed by atoms with van der Waals surface area (Å²) in [6, 6.07) is 0. The molecule has 1 saturated carbocycles. The number of amides is 1. The van der Waals surface area contributed by atoms with Gasteiger partial charge in [-0.2, -0.15) is 0 Å². The Morgan fingerprint density at radius 3 is 2.63 bits per heavy atom. The molecular weight excluding hydrogens is 346 g/mol. The summed E-state index contributed by atoms with van der Waals surface area (Å²) in [5.41, 5.74) is 3.87. The van der Waals surface area contributed by atoms with E-state index < -0.39 is 0 Å². The first-order valence-electron chi connectivity index (χ1n) is 8.98. The van der Waals surface area contributed by atoms with Crippen molar-refractivity contribution in [2.45, 2.75) is 32.8 Å². The third kappa shape index (κ3) is 3.95. The van der Waals surface area contributed by atoms with Crippen LogP contribution in [0.1, 0.15) is 40.0 Å². The summed E-state index contributed by atoms with van der Waals surface area (Å²) in [5, 5.41) is 7.04. The van der Waals surface area contributed by atoms with E-state index in [-0.39, 0.29) is 12.0 Å². The fourth-order valence-corrected chi connectivity index (χ4v) is 2.66. The number of hydrogen-bond donors (Lipinski definition) is 1. The van der Waals surface area contributed by atoms with Gasteiger partial charge in [0.05, 0.1) is 31.2 Å². The monoisotopic (exact) mass is 367 g/mol. The molecule has 1 aliphatic carbocycles. The number of rotatable bonds is 6. The molecule has 1 amide bonds. The zero-order valence-electron chi connectivity index (χ0n) is 15.3. The predicted molar refractivity (Wildman–Crippen MR) is 98.6 cm³/mol. The number of oxime groups is 1. The molecule has 1 saturated heterocycles. The van der Waals surface area contributed by atoms with E-state index in [0.717, 1.165) is 29.7 Å². The Hall–Kier alpha value is -2.87. The zero-order valence-corrected chi connectivity index (χ0v) is 15.3. The van der Waals surface area contributed by atoms with Crippen molar-refractivity contribution in [3.05, 3.63) is 47.2 Å². The first-order chi connectivity index (χ1) is 13.1. The standard InChI is InChI=1S/C19H21N5O3/c1-11-5-20-6-15(12(11)2)19(25)23-17-8-21-16(7-22-17)18(13-3-4-13)24-27-14-9-26-10-14/h5-8,13-14H,3-4,9-10H2,1-2H3,(H,22,23,25). The van der Waals surface area contributed by atoms with Gasteiger partial charge in [0.15, 0.2) is 11.9 Å². The minimum atomic E-state index is -0.254. The Morgan fingerprint density at radius 1 is 1.19 bits per heavy atom. The van der Waals surface area contributed by atoms with Gasteiger partial charge in [-0.05, 0) is 37.8 Å². The van der Waals surface area contributed by atoms with Crippen LogP contribution in [0.4, 0.5) is 5.82 Å². The molecule has 3 heterocycles. The van der Waals surface area contributed by atoms with E-state index in [9.17, 15) is 4.79 Å². The second-order valence-corrected chi connectivity index (χ2v) is 6.89. The molecule has 2 fully saturated rings. The van der Waals surface area contributed by atoms with Gasteiger partial charge in [-0.15, -0.1) is 0 Å². The van der Waals surface area contributed by atoms with Crippen molar-refractivity contribution in [1.82, 2.24) is 15.0 Å². The maximum absolute atomic E-state index is 12.5. The average molecular weight is 367 g/mol. The number of nitrogens with zero attached hydrogens (tertiary/aromatic N) is 4. The van der Waals surface area contributed by atoms with E-state index in [0.29, 0.717) is 36.2 Å². The van der Waals surface area contributed by atoms with Crippen LogP contribution in [0.15, 0.2) is 29.9 Å². The molecule has 0 radical (unpaired) electrons. The number of ether oxygens (including phenoxy) is 1. The highest BCUT2D eigenvalue weighted by Crippen LogP contribution is 2.33. The second kappa shape index (κ2) is 7.40. The predicted octanol–water partition coefficient (Wildman–Crippen LogP) is 2.27. The molecule has 140 valence electrons. The molecule has 1 N–H and O–H groups in total. The molecule has 4 rings (SSSR count). The van der Waals surface area contributed by atoms with Crippen LogP contribution in [-0.2, 0) is 9.57 Å². The summed E-state index contributed by atoms with van der Waals surface area (Å²) >= 11 is 0. The highest BCUT2D eigenvalue weighted by molar-refractivity contribution is 6.05. The second-order valence-electron chi connectivity index (χ2n) is 6.89. The fraction of sp³-hybridized carbons (Fsp3) is 0.421. The van der Waals surface area contributed by atoms with E-state index in [1.54, 1.807) is 18.6 Å². The highest BCUT2D eigenvalue weighted by atomic mass is 16.7. The van der Waals surface area contributed by atoms with Crippen molar-refractivity contribution in [1.29, 1.82) is 0 Å². The number of pyridine rings is 1. The minimum Gasteiger partial charge on any atom is -0.387 e. The van der Waals surface area contributed by atoms with Gasteiger partial charge in [0, 0.05) is 18.3 Å². The van der Waals surface area contributed by atoms with Crippen molar-refractivity contribution in [2.24, 2.45) is 11.1 Å². The number of hydrogen-bond acceptors (Lipinski definition) is 7. The molecule has 2 aromatic heterocycles. The zero-order chi connectivity index (χ0) is 18.8. The molecule has 8 heteroatoms. The number of carbonyl (C=O) groups excluding carboxylic acids is 1. The number of carbonyl (C=O) groups is 1. The number of aryl methyl sites for hydroxylation is 1. The van der Waals surface area contributed by atoms with E-state index in [2.05, 4.69) is 25.4 Å². The Morgan fingerprint density at radius 2 is 2.00 bits per heavy atom. The lowest BCUT2D eigenvalue weighted by Crippen LogP contribution is -2.35. The van der Waals surface area contributed by atoms with Gasteiger partial charge < -0.3 is 14.9 Å². The molecule has 0 spiro atoms. The summed E-state index contributed by atoms with van der Waals surface area (Å²) in [4.78, 5) is 30.8. The SMILES string of the molecule is Cc1cncc(C(=O)Nc2cnc(C(=NOC3COC3)C3CC3)cn2)c1C. The topological polar surface area (TPSA) is 98.6 Å². The summed E-state index contributed by atoms with van der Waals surface area (Å²) in [7, 11) is 0. The molecule has 8 nitrogen and oxygen atoms in total. The molecule has 0 atom stereocenters. The van der Waals surface area contributed by atoms with Crippen LogP contribution in [-0.4, -0.2) is 45.9 Å². The quantitative estimate of drug-likeness (QED) is 0.621. The number of aromatic nitrogens is 3. The Labute approximate surface area is 157 Å². The van der Waals surface area contributed by atoms with E-state index in [4.69, 9.17) is 9.57 Å². The summed E-state index contributed by atoms with van der Waals surface area (Å²) in [5.74, 6) is 0.491. The van der Waals surface area contributed by atoms with Gasteiger partial charge in [0.1, 0.15) is 11.4 Å². The molecule has 0 aromatic carbocycles. The van der Waals surface area contributed by atoms with Crippen LogP contribution >= 0.6 is 0 Å². The van der Waals surface area contributed by atoms with E-state index >= 15 is 0 Å². The van der Waals surface area contributed by atoms with Crippen LogP contribution < -0.4 is 5.32 Å². The summed E-state index contributed by atoms with van der Waals surface area (Å²) < 4.78 is 5.09. The Balaban J connectivity index is 1.46. The van der Waals surface area contributed by atoms with Crippen molar-refractivity contribution in [3.8, 4) is 0 Å². The average Bonchev–Trinajstić information content (AvgIpc) is 3.45. The third-order valence-electron chi connectivity index (χ3n) is 4.74. The lowest BCUT2D eigenvalue weighted by atomic mass is 10.1. The van der Waals surface area contributed by atoms with Gasteiger partial charge in [-0.1, -0.05) is 5.16 Å². The Bertz CT molecular complexity index is 873. The van der Waals surface area contributed by atoms with Crippen molar-refractivity contribution >= 4 is 17.4 Å². The normalized spacial score (nSPS) is 17.3. The van der Waals surface area contributed by atoms with Gasteiger partial charge in [0.25, 0.3) is 5.91 Å². The molecule has 0 bridgehead atoms. The van der Waals surface area contributed by atoms with Gasteiger partial charge in [0.2, 0.25) is 0 Å². The lowest BCUT2D eigenvalue weighted by Gasteiger charge is -2.23. The van der Waals surface area contributed by atoms with Gasteiger partial charge in [-0.25, -0.2) is 9.97 Å². The maximum Gasteiger partial charge on any atom is 0.258 e. The van der Waals surface area contributed by atoms with Crippen LogP contribution in [0, 0.1) is 19.8 Å². The largest absolute Gasteiger partial charge is 0.387 e. The first-order valence-corrected chi connectivity index (χ1v) is 8.98. The maximum atomic E-state index is 12.5. The van der Waals surface area contributed by atoms with Crippen LogP contribution in [0.25, 0.3) is 0 Å².